The van der Waals surface area contributed by atoms with Gasteiger partial charge < -0.3 is 10.2 Å². The molecule has 0 aromatic carbocycles. The smallest absolute Gasteiger partial charge is 0.276 e. The number of anilines is 1. The summed E-state index contributed by atoms with van der Waals surface area (Å²) in [5, 5.41) is 13.3. The quantitative estimate of drug-likeness (QED) is 0.867. The third kappa shape index (κ3) is 2.76. The van der Waals surface area contributed by atoms with E-state index in [0.29, 0.717) is 11.7 Å². The van der Waals surface area contributed by atoms with Crippen LogP contribution in [0.15, 0.2) is 30.6 Å². The second-order valence-corrected chi connectivity index (χ2v) is 4.78. The van der Waals surface area contributed by atoms with Crippen LogP contribution in [0, 0.1) is 0 Å². The standard InChI is InChI=1S/C13H16N6O/c20-13(11-9-15-18-17-11)19-7-4-10(5-8-19)16-12-3-1-2-6-14-12/h1-3,6,9-10H,4-5,7-8H2,(H,14,16)(H,15,17,18). The van der Waals surface area contributed by atoms with Crippen molar-refractivity contribution in [1.82, 2.24) is 25.3 Å². The second kappa shape index (κ2) is 5.68. The van der Waals surface area contributed by atoms with Gasteiger partial charge in [0.05, 0.1) is 6.20 Å². The van der Waals surface area contributed by atoms with Gasteiger partial charge in [-0.3, -0.25) is 4.79 Å². The lowest BCUT2D eigenvalue weighted by Crippen LogP contribution is -2.42. The van der Waals surface area contributed by atoms with E-state index in [2.05, 4.69) is 25.7 Å². The van der Waals surface area contributed by atoms with E-state index in [9.17, 15) is 4.79 Å². The highest BCUT2D eigenvalue weighted by Gasteiger charge is 2.24. The van der Waals surface area contributed by atoms with Gasteiger partial charge in [-0.05, 0) is 25.0 Å². The molecule has 1 aliphatic rings. The van der Waals surface area contributed by atoms with Gasteiger partial charge >= 0.3 is 0 Å². The molecule has 7 nitrogen and oxygen atoms in total. The van der Waals surface area contributed by atoms with E-state index in [1.807, 2.05) is 23.1 Å². The van der Waals surface area contributed by atoms with Gasteiger partial charge in [0, 0.05) is 25.3 Å². The molecule has 3 heterocycles. The molecule has 1 amide bonds. The maximum Gasteiger partial charge on any atom is 0.276 e. The van der Waals surface area contributed by atoms with Crippen molar-refractivity contribution < 1.29 is 4.79 Å². The predicted octanol–water partition coefficient (Wildman–Crippen LogP) is 0.916. The van der Waals surface area contributed by atoms with Crippen LogP contribution in [0.3, 0.4) is 0 Å². The Hall–Kier alpha value is -2.44. The Kier molecular flexibility index (Phi) is 3.58. The number of hydrogen-bond donors (Lipinski definition) is 2. The summed E-state index contributed by atoms with van der Waals surface area (Å²) in [6.07, 6.45) is 5.03. The minimum absolute atomic E-state index is 0.0602. The van der Waals surface area contributed by atoms with Crippen molar-refractivity contribution in [2.75, 3.05) is 18.4 Å². The average molecular weight is 272 g/mol. The zero-order valence-electron chi connectivity index (χ0n) is 11.0. The van der Waals surface area contributed by atoms with Crippen LogP contribution in [0.1, 0.15) is 23.3 Å². The number of carbonyl (C=O) groups excluding carboxylic acids is 1. The van der Waals surface area contributed by atoms with Gasteiger partial charge in [-0.2, -0.15) is 15.4 Å². The number of piperidine rings is 1. The van der Waals surface area contributed by atoms with Crippen LogP contribution in [-0.4, -0.2) is 50.3 Å². The number of aromatic nitrogens is 4. The number of pyridine rings is 1. The van der Waals surface area contributed by atoms with Crippen molar-refractivity contribution >= 4 is 11.7 Å². The topological polar surface area (TPSA) is 86.8 Å². The molecule has 0 saturated carbocycles. The fraction of sp³-hybridized carbons (Fsp3) is 0.385. The maximum atomic E-state index is 12.1. The van der Waals surface area contributed by atoms with Gasteiger partial charge in [0.1, 0.15) is 5.82 Å². The first-order valence-electron chi connectivity index (χ1n) is 6.65. The highest BCUT2D eigenvalue weighted by Crippen LogP contribution is 2.16. The number of carbonyl (C=O) groups is 1. The zero-order chi connectivity index (χ0) is 13.8. The Labute approximate surface area is 116 Å². The Morgan fingerprint density at radius 1 is 1.35 bits per heavy atom. The number of likely N-dealkylation sites (tertiary alicyclic amines) is 1. The highest BCUT2D eigenvalue weighted by atomic mass is 16.2. The molecule has 104 valence electrons. The molecule has 2 aromatic rings. The van der Waals surface area contributed by atoms with E-state index >= 15 is 0 Å². The summed E-state index contributed by atoms with van der Waals surface area (Å²) < 4.78 is 0. The van der Waals surface area contributed by atoms with E-state index < -0.39 is 0 Å². The van der Waals surface area contributed by atoms with Crippen LogP contribution in [0.2, 0.25) is 0 Å². The highest BCUT2D eigenvalue weighted by molar-refractivity contribution is 5.91. The summed E-state index contributed by atoms with van der Waals surface area (Å²) in [4.78, 5) is 18.2. The lowest BCUT2D eigenvalue weighted by molar-refractivity contribution is 0.0712. The largest absolute Gasteiger partial charge is 0.367 e. The molecule has 0 spiro atoms. The Morgan fingerprint density at radius 3 is 2.85 bits per heavy atom. The molecule has 0 bridgehead atoms. The van der Waals surface area contributed by atoms with Gasteiger partial charge in [-0.15, -0.1) is 0 Å². The molecular weight excluding hydrogens is 256 g/mol. The summed E-state index contributed by atoms with van der Waals surface area (Å²) in [6.45, 7) is 1.44. The van der Waals surface area contributed by atoms with Crippen LogP contribution in [0.4, 0.5) is 5.82 Å². The lowest BCUT2D eigenvalue weighted by atomic mass is 10.0. The summed E-state index contributed by atoms with van der Waals surface area (Å²) in [5.41, 5.74) is 0.376. The number of nitrogens with zero attached hydrogens (tertiary/aromatic N) is 4. The maximum absolute atomic E-state index is 12.1. The number of rotatable bonds is 3. The van der Waals surface area contributed by atoms with Crippen molar-refractivity contribution in [2.45, 2.75) is 18.9 Å². The Bertz CT molecular complexity index is 548. The first-order chi connectivity index (χ1) is 9.83. The molecule has 2 aromatic heterocycles. The summed E-state index contributed by atoms with van der Waals surface area (Å²) in [5.74, 6) is 0.823. The lowest BCUT2D eigenvalue weighted by Gasteiger charge is -2.32. The predicted molar refractivity (Wildman–Crippen MR) is 73.2 cm³/mol. The molecule has 3 rings (SSSR count). The SMILES string of the molecule is O=C(c1cn[nH]n1)N1CCC(Nc2ccccn2)CC1. The molecule has 7 heteroatoms. The van der Waals surface area contributed by atoms with Crippen molar-refractivity contribution in [3.05, 3.63) is 36.3 Å². The summed E-state index contributed by atoms with van der Waals surface area (Å²) in [7, 11) is 0. The van der Waals surface area contributed by atoms with Crippen molar-refractivity contribution in [3.63, 3.8) is 0 Å². The van der Waals surface area contributed by atoms with Crippen LogP contribution in [-0.2, 0) is 0 Å². The molecule has 0 atom stereocenters. The Balaban J connectivity index is 1.53. The van der Waals surface area contributed by atoms with Crippen LogP contribution >= 0.6 is 0 Å². The van der Waals surface area contributed by atoms with Crippen molar-refractivity contribution in [3.8, 4) is 0 Å². The Morgan fingerprint density at radius 2 is 2.20 bits per heavy atom. The van der Waals surface area contributed by atoms with Crippen LogP contribution in [0.25, 0.3) is 0 Å². The molecule has 1 saturated heterocycles. The number of amides is 1. The zero-order valence-corrected chi connectivity index (χ0v) is 11.0. The summed E-state index contributed by atoms with van der Waals surface area (Å²) in [6, 6.07) is 6.15. The number of aromatic amines is 1. The molecule has 1 aliphatic heterocycles. The monoisotopic (exact) mass is 272 g/mol. The second-order valence-electron chi connectivity index (χ2n) is 4.78. The normalized spacial score (nSPS) is 16.1. The van der Waals surface area contributed by atoms with Gasteiger partial charge in [0.15, 0.2) is 5.69 Å². The molecule has 0 aliphatic carbocycles. The summed E-state index contributed by atoms with van der Waals surface area (Å²) >= 11 is 0. The fourth-order valence-electron chi connectivity index (χ4n) is 2.35. The molecule has 0 unspecified atom stereocenters. The van der Waals surface area contributed by atoms with Gasteiger partial charge in [0.25, 0.3) is 5.91 Å². The van der Waals surface area contributed by atoms with E-state index in [1.165, 1.54) is 6.20 Å². The number of nitrogens with one attached hydrogen (secondary N) is 2. The molecular formula is C13H16N6O. The molecule has 1 fully saturated rings. The van der Waals surface area contributed by atoms with E-state index in [1.54, 1.807) is 6.20 Å². The number of hydrogen-bond acceptors (Lipinski definition) is 5. The fourth-order valence-corrected chi connectivity index (χ4v) is 2.35. The average Bonchev–Trinajstić information content (AvgIpc) is 3.03. The first kappa shape index (κ1) is 12.6. The van der Waals surface area contributed by atoms with Crippen LogP contribution < -0.4 is 5.32 Å². The number of H-pyrrole nitrogens is 1. The van der Waals surface area contributed by atoms with Gasteiger partial charge in [-0.25, -0.2) is 4.98 Å². The van der Waals surface area contributed by atoms with E-state index in [4.69, 9.17) is 0 Å². The molecule has 20 heavy (non-hydrogen) atoms. The van der Waals surface area contributed by atoms with Crippen molar-refractivity contribution in [2.24, 2.45) is 0 Å². The minimum Gasteiger partial charge on any atom is -0.367 e. The van der Waals surface area contributed by atoms with Gasteiger partial charge in [0.2, 0.25) is 0 Å². The van der Waals surface area contributed by atoms with Crippen molar-refractivity contribution in [1.29, 1.82) is 0 Å². The minimum atomic E-state index is -0.0602. The molecule has 0 radical (unpaired) electrons. The van der Waals surface area contributed by atoms with E-state index in [-0.39, 0.29) is 5.91 Å². The first-order valence-corrected chi connectivity index (χ1v) is 6.65. The third-order valence-corrected chi connectivity index (χ3v) is 3.43. The van der Waals surface area contributed by atoms with Crippen LogP contribution in [0.5, 0.6) is 0 Å². The van der Waals surface area contributed by atoms with Gasteiger partial charge in [-0.1, -0.05) is 6.07 Å². The molecule has 2 N–H and O–H groups in total. The van der Waals surface area contributed by atoms with E-state index in [0.717, 1.165) is 31.7 Å². The third-order valence-electron chi connectivity index (χ3n) is 3.43.